The summed E-state index contributed by atoms with van der Waals surface area (Å²) in [5.74, 6) is -0.199. The molecule has 0 aliphatic carbocycles. The molecule has 1 aliphatic rings. The van der Waals surface area contributed by atoms with Gasteiger partial charge in [-0.25, -0.2) is 9.18 Å². The van der Waals surface area contributed by atoms with E-state index >= 15 is 0 Å². The molecule has 2 amide bonds. The van der Waals surface area contributed by atoms with Crippen LogP contribution in [0.1, 0.15) is 22.8 Å². The third-order valence-electron chi connectivity index (χ3n) is 4.55. The molecule has 5 nitrogen and oxygen atoms in total. The molecule has 26 heavy (non-hydrogen) atoms. The lowest BCUT2D eigenvalue weighted by Crippen LogP contribution is -2.49. The summed E-state index contributed by atoms with van der Waals surface area (Å²) in [6.07, 6.45) is 0. The number of nitrogens with one attached hydrogen (secondary N) is 1. The summed E-state index contributed by atoms with van der Waals surface area (Å²) in [6, 6.07) is 13.5. The van der Waals surface area contributed by atoms with E-state index in [2.05, 4.69) is 10.2 Å². The predicted octanol–water partition coefficient (Wildman–Crippen LogP) is 3.38. The number of hydrogen-bond acceptors (Lipinski definition) is 3. The minimum atomic E-state index is -0.193. The van der Waals surface area contributed by atoms with Crippen molar-refractivity contribution in [3.05, 3.63) is 65.5 Å². The van der Waals surface area contributed by atoms with Crippen molar-refractivity contribution in [2.45, 2.75) is 13.5 Å². The summed E-state index contributed by atoms with van der Waals surface area (Å²) in [5, 5.41) is 2.85. The van der Waals surface area contributed by atoms with Gasteiger partial charge in [0.2, 0.25) is 0 Å². The molecule has 2 aromatic carbocycles. The fraction of sp³-hybridized carbons (Fsp3) is 0.300. The van der Waals surface area contributed by atoms with Gasteiger partial charge in [0.1, 0.15) is 5.82 Å². The molecule has 1 aliphatic heterocycles. The number of piperazine rings is 1. The molecule has 0 bridgehead atoms. The summed E-state index contributed by atoms with van der Waals surface area (Å²) in [5.41, 5.74) is 1.95. The van der Waals surface area contributed by atoms with Crippen LogP contribution < -0.4 is 5.32 Å². The summed E-state index contributed by atoms with van der Waals surface area (Å²) < 4.78 is 13.7. The topological polar surface area (TPSA) is 52.7 Å². The van der Waals surface area contributed by atoms with Gasteiger partial charge in [-0.05, 0) is 37.3 Å². The number of ketones is 1. The van der Waals surface area contributed by atoms with Crippen molar-refractivity contribution in [1.82, 2.24) is 9.80 Å². The van der Waals surface area contributed by atoms with Crippen LogP contribution in [0.5, 0.6) is 0 Å². The molecule has 2 aromatic rings. The van der Waals surface area contributed by atoms with Gasteiger partial charge in [0.05, 0.1) is 0 Å². The van der Waals surface area contributed by atoms with Crippen molar-refractivity contribution in [2.24, 2.45) is 0 Å². The molecule has 1 saturated heterocycles. The molecular formula is C20H22FN3O2. The van der Waals surface area contributed by atoms with E-state index in [1.165, 1.54) is 13.0 Å². The van der Waals surface area contributed by atoms with Crippen LogP contribution in [0.4, 0.5) is 14.9 Å². The van der Waals surface area contributed by atoms with E-state index in [4.69, 9.17) is 0 Å². The highest BCUT2D eigenvalue weighted by Crippen LogP contribution is 2.14. The number of anilines is 1. The molecule has 0 saturated carbocycles. The van der Waals surface area contributed by atoms with Gasteiger partial charge in [0, 0.05) is 49.5 Å². The fourth-order valence-electron chi connectivity index (χ4n) is 2.97. The standard InChI is InChI=1S/C20H22FN3O2/c1-15(25)16-6-8-18(9-7-16)22-20(26)24-12-10-23(11-13-24)14-17-4-2-3-5-19(17)21/h2-9H,10-14H2,1H3,(H,22,26). The lowest BCUT2D eigenvalue weighted by molar-refractivity contribution is 0.101. The van der Waals surface area contributed by atoms with Gasteiger partial charge >= 0.3 is 6.03 Å². The van der Waals surface area contributed by atoms with Crippen LogP contribution in [0.3, 0.4) is 0 Å². The molecule has 0 aromatic heterocycles. The van der Waals surface area contributed by atoms with Crippen LogP contribution in [-0.4, -0.2) is 47.8 Å². The monoisotopic (exact) mass is 355 g/mol. The second-order valence-corrected chi connectivity index (χ2v) is 6.42. The van der Waals surface area contributed by atoms with E-state index in [0.717, 1.165) is 0 Å². The average molecular weight is 355 g/mol. The van der Waals surface area contributed by atoms with E-state index in [0.29, 0.717) is 49.5 Å². The number of benzene rings is 2. The number of carbonyl (C=O) groups is 2. The Bertz CT molecular complexity index is 784. The zero-order valence-corrected chi connectivity index (χ0v) is 14.7. The molecule has 0 radical (unpaired) electrons. The Morgan fingerprint density at radius 3 is 2.27 bits per heavy atom. The van der Waals surface area contributed by atoms with E-state index in [9.17, 15) is 14.0 Å². The first-order valence-electron chi connectivity index (χ1n) is 8.65. The summed E-state index contributed by atoms with van der Waals surface area (Å²) in [7, 11) is 0. The zero-order valence-electron chi connectivity index (χ0n) is 14.7. The SMILES string of the molecule is CC(=O)c1ccc(NC(=O)N2CCN(Cc3ccccc3F)CC2)cc1. The minimum Gasteiger partial charge on any atom is -0.322 e. The Labute approximate surface area is 152 Å². The van der Waals surface area contributed by atoms with Gasteiger partial charge in [-0.15, -0.1) is 0 Å². The first kappa shape index (κ1) is 18.1. The van der Waals surface area contributed by atoms with E-state index < -0.39 is 0 Å². The Kier molecular flexibility index (Phi) is 5.63. The maximum absolute atomic E-state index is 13.7. The molecule has 1 N–H and O–H groups in total. The molecule has 0 spiro atoms. The zero-order chi connectivity index (χ0) is 18.5. The Balaban J connectivity index is 1.50. The van der Waals surface area contributed by atoms with Crippen molar-refractivity contribution in [1.29, 1.82) is 0 Å². The lowest BCUT2D eigenvalue weighted by atomic mass is 10.1. The third-order valence-corrected chi connectivity index (χ3v) is 4.55. The van der Waals surface area contributed by atoms with Crippen molar-refractivity contribution < 1.29 is 14.0 Å². The molecule has 0 unspecified atom stereocenters. The predicted molar refractivity (Wildman–Crippen MR) is 98.7 cm³/mol. The van der Waals surface area contributed by atoms with Crippen LogP contribution in [0.15, 0.2) is 48.5 Å². The van der Waals surface area contributed by atoms with Crippen molar-refractivity contribution in [3.8, 4) is 0 Å². The van der Waals surface area contributed by atoms with E-state index in [1.807, 2.05) is 6.07 Å². The van der Waals surface area contributed by atoms with Crippen LogP contribution in [0.25, 0.3) is 0 Å². The van der Waals surface area contributed by atoms with Gasteiger partial charge in [0.15, 0.2) is 5.78 Å². The number of halogens is 1. The smallest absolute Gasteiger partial charge is 0.321 e. The summed E-state index contributed by atoms with van der Waals surface area (Å²) in [4.78, 5) is 27.5. The van der Waals surface area contributed by atoms with Gasteiger partial charge in [-0.1, -0.05) is 18.2 Å². The number of urea groups is 1. The number of rotatable bonds is 4. The van der Waals surface area contributed by atoms with Crippen molar-refractivity contribution in [2.75, 3.05) is 31.5 Å². The van der Waals surface area contributed by atoms with Crippen LogP contribution in [-0.2, 0) is 6.54 Å². The quantitative estimate of drug-likeness (QED) is 0.856. The molecule has 136 valence electrons. The first-order chi connectivity index (χ1) is 12.5. The van der Waals surface area contributed by atoms with Gasteiger partial charge in [0.25, 0.3) is 0 Å². The Morgan fingerprint density at radius 2 is 1.65 bits per heavy atom. The van der Waals surface area contributed by atoms with Crippen molar-refractivity contribution in [3.63, 3.8) is 0 Å². The van der Waals surface area contributed by atoms with E-state index in [1.54, 1.807) is 41.3 Å². The molecular weight excluding hydrogens is 333 g/mol. The molecule has 1 fully saturated rings. The second kappa shape index (κ2) is 8.10. The molecule has 3 rings (SSSR count). The largest absolute Gasteiger partial charge is 0.322 e. The van der Waals surface area contributed by atoms with Gasteiger partial charge < -0.3 is 10.2 Å². The maximum Gasteiger partial charge on any atom is 0.321 e. The first-order valence-corrected chi connectivity index (χ1v) is 8.65. The molecule has 6 heteroatoms. The highest BCUT2D eigenvalue weighted by Gasteiger charge is 2.21. The number of nitrogens with zero attached hydrogens (tertiary/aromatic N) is 2. The van der Waals surface area contributed by atoms with E-state index in [-0.39, 0.29) is 17.6 Å². The third kappa shape index (κ3) is 4.46. The summed E-state index contributed by atoms with van der Waals surface area (Å²) in [6.45, 7) is 4.64. The van der Waals surface area contributed by atoms with Gasteiger partial charge in [-0.2, -0.15) is 0 Å². The highest BCUT2D eigenvalue weighted by atomic mass is 19.1. The highest BCUT2D eigenvalue weighted by molar-refractivity contribution is 5.95. The molecule has 0 atom stereocenters. The number of Topliss-reactive ketones (excluding diaryl/α,β-unsaturated/α-hetero) is 1. The fourth-order valence-corrected chi connectivity index (χ4v) is 2.97. The maximum atomic E-state index is 13.7. The second-order valence-electron chi connectivity index (χ2n) is 6.42. The number of hydrogen-bond donors (Lipinski definition) is 1. The normalized spacial score (nSPS) is 14.9. The van der Waals surface area contributed by atoms with Crippen LogP contribution in [0.2, 0.25) is 0 Å². The average Bonchev–Trinajstić information content (AvgIpc) is 2.64. The molecule has 1 heterocycles. The summed E-state index contributed by atoms with van der Waals surface area (Å²) >= 11 is 0. The number of amides is 2. The lowest BCUT2D eigenvalue weighted by Gasteiger charge is -2.34. The number of carbonyl (C=O) groups excluding carboxylic acids is 2. The van der Waals surface area contributed by atoms with Crippen LogP contribution in [0, 0.1) is 5.82 Å². The van der Waals surface area contributed by atoms with Gasteiger partial charge in [-0.3, -0.25) is 9.69 Å². The Hall–Kier alpha value is -2.73. The Morgan fingerprint density at radius 1 is 1.00 bits per heavy atom. The van der Waals surface area contributed by atoms with Crippen molar-refractivity contribution >= 4 is 17.5 Å². The van der Waals surface area contributed by atoms with Crippen LogP contribution >= 0.6 is 0 Å². The minimum absolute atomic E-state index is 0.00569.